The van der Waals surface area contributed by atoms with Gasteiger partial charge in [0.2, 0.25) is 0 Å². The summed E-state index contributed by atoms with van der Waals surface area (Å²) in [6.07, 6.45) is -0.202. The van der Waals surface area contributed by atoms with E-state index in [0.717, 1.165) is 11.3 Å². The predicted molar refractivity (Wildman–Crippen MR) is 77.9 cm³/mol. The van der Waals surface area contributed by atoms with E-state index in [1.165, 1.54) is 12.1 Å². The van der Waals surface area contributed by atoms with Crippen molar-refractivity contribution in [1.29, 1.82) is 0 Å². The van der Waals surface area contributed by atoms with Crippen LogP contribution in [-0.4, -0.2) is 19.5 Å². The minimum atomic E-state index is -3.76. The Morgan fingerprint density at radius 3 is 2.60 bits per heavy atom. The Morgan fingerprint density at radius 2 is 1.95 bits per heavy atom. The molecule has 0 bridgehead atoms. The number of sulfonamides is 1. The lowest BCUT2D eigenvalue weighted by Gasteiger charge is -2.07. The number of thiophene rings is 1. The lowest BCUT2D eigenvalue weighted by Crippen LogP contribution is -2.11. The Kier molecular flexibility index (Phi) is 4.32. The number of para-hydroxylation sites is 1. The van der Waals surface area contributed by atoms with Crippen LogP contribution in [0.15, 0.2) is 40.6 Å². The standard InChI is InChI=1S/C12H10ClNO4S2/c13-9-3-1-2-4-10(9)14-20(17,18)12-6-5-8(19-12)7-11(15)16/h1-6,14H,7H2,(H,15,16). The maximum atomic E-state index is 12.1. The number of carboxylic acid groups (broad SMARTS) is 1. The van der Waals surface area contributed by atoms with E-state index >= 15 is 0 Å². The second-order valence-corrected chi connectivity index (χ2v) is 7.36. The van der Waals surface area contributed by atoms with Crippen LogP contribution < -0.4 is 4.72 Å². The van der Waals surface area contributed by atoms with Gasteiger partial charge in [0, 0.05) is 4.88 Å². The van der Waals surface area contributed by atoms with Gasteiger partial charge in [0.05, 0.1) is 17.1 Å². The summed E-state index contributed by atoms with van der Waals surface area (Å²) < 4.78 is 26.7. The molecule has 0 amide bonds. The molecule has 20 heavy (non-hydrogen) atoms. The highest BCUT2D eigenvalue weighted by atomic mass is 35.5. The molecular weight excluding hydrogens is 322 g/mol. The zero-order valence-electron chi connectivity index (χ0n) is 10.0. The van der Waals surface area contributed by atoms with Crippen LogP contribution in [-0.2, 0) is 21.2 Å². The smallest absolute Gasteiger partial charge is 0.308 e. The van der Waals surface area contributed by atoms with Gasteiger partial charge < -0.3 is 5.11 Å². The van der Waals surface area contributed by atoms with Crippen molar-refractivity contribution in [2.75, 3.05) is 4.72 Å². The van der Waals surface area contributed by atoms with Gasteiger partial charge in [-0.3, -0.25) is 9.52 Å². The third-order valence-electron chi connectivity index (χ3n) is 2.35. The Hall–Kier alpha value is -1.57. The molecule has 2 N–H and O–H groups in total. The average Bonchev–Trinajstić information content (AvgIpc) is 2.80. The Balaban J connectivity index is 2.25. The van der Waals surface area contributed by atoms with Gasteiger partial charge in [-0.05, 0) is 24.3 Å². The summed E-state index contributed by atoms with van der Waals surface area (Å²) >= 11 is 6.81. The number of hydrogen-bond acceptors (Lipinski definition) is 4. The van der Waals surface area contributed by atoms with Crippen LogP contribution in [0.2, 0.25) is 5.02 Å². The molecule has 0 saturated carbocycles. The third-order valence-corrected chi connectivity index (χ3v) is 5.62. The molecule has 2 rings (SSSR count). The molecule has 0 fully saturated rings. The van der Waals surface area contributed by atoms with Crippen LogP contribution in [0.1, 0.15) is 4.88 Å². The van der Waals surface area contributed by atoms with Crippen molar-refractivity contribution in [1.82, 2.24) is 0 Å². The summed E-state index contributed by atoms with van der Waals surface area (Å²) in [7, 11) is -3.76. The quantitative estimate of drug-likeness (QED) is 0.882. The average molecular weight is 332 g/mol. The van der Waals surface area contributed by atoms with Gasteiger partial charge in [-0.1, -0.05) is 23.7 Å². The van der Waals surface area contributed by atoms with E-state index < -0.39 is 16.0 Å². The van der Waals surface area contributed by atoms with Crippen LogP contribution in [0.25, 0.3) is 0 Å². The maximum Gasteiger partial charge on any atom is 0.308 e. The van der Waals surface area contributed by atoms with E-state index in [4.69, 9.17) is 16.7 Å². The third kappa shape index (κ3) is 3.50. The summed E-state index contributed by atoms with van der Waals surface area (Å²) in [6, 6.07) is 9.33. The van der Waals surface area contributed by atoms with Gasteiger partial charge in [-0.25, -0.2) is 8.42 Å². The molecule has 1 aromatic heterocycles. The molecule has 0 aliphatic carbocycles. The number of hydrogen-bond donors (Lipinski definition) is 2. The first kappa shape index (κ1) is 14.8. The molecule has 0 aliphatic rings. The molecule has 5 nitrogen and oxygen atoms in total. The van der Waals surface area contributed by atoms with Crippen LogP contribution in [0.3, 0.4) is 0 Å². The molecule has 0 radical (unpaired) electrons. The van der Waals surface area contributed by atoms with Crippen LogP contribution in [0.4, 0.5) is 5.69 Å². The van der Waals surface area contributed by atoms with Gasteiger partial charge in [0.25, 0.3) is 10.0 Å². The fourth-order valence-corrected chi connectivity index (χ4v) is 4.15. The summed E-state index contributed by atoms with van der Waals surface area (Å²) in [4.78, 5) is 11.1. The number of rotatable bonds is 5. The van der Waals surface area contributed by atoms with E-state index in [-0.39, 0.29) is 16.3 Å². The minimum Gasteiger partial charge on any atom is -0.481 e. The first-order chi connectivity index (χ1) is 9.38. The molecular formula is C12H10ClNO4S2. The molecule has 1 aromatic carbocycles. The van der Waals surface area contributed by atoms with E-state index in [1.54, 1.807) is 24.3 Å². The summed E-state index contributed by atoms with van der Waals surface area (Å²) in [5.74, 6) is -1.00. The fourth-order valence-electron chi connectivity index (χ4n) is 1.49. The number of nitrogens with one attached hydrogen (secondary N) is 1. The largest absolute Gasteiger partial charge is 0.481 e. The second kappa shape index (κ2) is 5.82. The summed E-state index contributed by atoms with van der Waals surface area (Å²) in [6.45, 7) is 0. The Labute approximate surface area is 124 Å². The van der Waals surface area contributed by atoms with Gasteiger partial charge >= 0.3 is 5.97 Å². The van der Waals surface area contributed by atoms with Crippen molar-refractivity contribution in [2.45, 2.75) is 10.6 Å². The molecule has 0 spiro atoms. The normalized spacial score (nSPS) is 11.2. The van der Waals surface area contributed by atoms with Gasteiger partial charge in [0.15, 0.2) is 0 Å². The topological polar surface area (TPSA) is 83.5 Å². The highest BCUT2D eigenvalue weighted by Crippen LogP contribution is 2.27. The molecule has 0 atom stereocenters. The van der Waals surface area contributed by atoms with Gasteiger partial charge in [-0.2, -0.15) is 0 Å². The van der Waals surface area contributed by atoms with Crippen molar-refractivity contribution >= 4 is 44.6 Å². The van der Waals surface area contributed by atoms with Gasteiger partial charge in [-0.15, -0.1) is 11.3 Å². The SMILES string of the molecule is O=C(O)Cc1ccc(S(=O)(=O)Nc2ccccc2Cl)s1. The molecule has 0 saturated heterocycles. The van der Waals surface area contributed by atoms with Crippen molar-refractivity contribution in [3.8, 4) is 0 Å². The van der Waals surface area contributed by atoms with Crippen molar-refractivity contribution in [3.05, 3.63) is 46.3 Å². The Morgan fingerprint density at radius 1 is 1.25 bits per heavy atom. The molecule has 2 aromatic rings. The van der Waals surface area contributed by atoms with E-state index in [9.17, 15) is 13.2 Å². The Bertz CT molecular complexity index is 739. The lowest BCUT2D eigenvalue weighted by molar-refractivity contribution is -0.136. The number of carbonyl (C=O) groups is 1. The van der Waals surface area contributed by atoms with E-state index in [2.05, 4.69) is 4.72 Å². The summed E-state index contributed by atoms with van der Waals surface area (Å²) in [5.41, 5.74) is 0.280. The number of anilines is 1. The maximum absolute atomic E-state index is 12.1. The second-order valence-electron chi connectivity index (χ2n) is 3.88. The summed E-state index contributed by atoms with van der Waals surface area (Å²) in [5, 5.41) is 8.96. The van der Waals surface area contributed by atoms with Crippen molar-refractivity contribution in [2.24, 2.45) is 0 Å². The first-order valence-electron chi connectivity index (χ1n) is 5.46. The molecule has 8 heteroatoms. The van der Waals surface area contributed by atoms with E-state index in [1.807, 2.05) is 0 Å². The predicted octanol–water partition coefficient (Wildman–Crippen LogP) is 2.83. The van der Waals surface area contributed by atoms with E-state index in [0.29, 0.717) is 9.90 Å². The van der Waals surface area contributed by atoms with Crippen LogP contribution in [0, 0.1) is 0 Å². The molecule has 106 valence electrons. The van der Waals surface area contributed by atoms with Crippen molar-refractivity contribution in [3.63, 3.8) is 0 Å². The van der Waals surface area contributed by atoms with Gasteiger partial charge in [0.1, 0.15) is 4.21 Å². The highest BCUT2D eigenvalue weighted by Gasteiger charge is 2.18. The first-order valence-corrected chi connectivity index (χ1v) is 8.14. The van der Waals surface area contributed by atoms with Crippen LogP contribution in [0.5, 0.6) is 0 Å². The minimum absolute atomic E-state index is 0.0497. The fraction of sp³-hybridized carbons (Fsp3) is 0.0833. The van der Waals surface area contributed by atoms with Crippen LogP contribution >= 0.6 is 22.9 Å². The number of benzene rings is 1. The highest BCUT2D eigenvalue weighted by molar-refractivity contribution is 7.94. The number of aliphatic carboxylic acids is 1. The number of carboxylic acids is 1. The molecule has 1 heterocycles. The zero-order chi connectivity index (χ0) is 14.8. The monoisotopic (exact) mass is 331 g/mol. The lowest BCUT2D eigenvalue weighted by atomic mass is 10.3. The zero-order valence-corrected chi connectivity index (χ0v) is 12.4. The van der Waals surface area contributed by atoms with Crippen molar-refractivity contribution < 1.29 is 18.3 Å². The molecule has 0 aliphatic heterocycles. The molecule has 0 unspecified atom stereocenters. The number of halogens is 1.